The second-order valence-corrected chi connectivity index (χ2v) is 7.36. The van der Waals surface area contributed by atoms with E-state index < -0.39 is 0 Å². The molecule has 0 spiro atoms. The second-order valence-electron chi connectivity index (χ2n) is 7.36. The van der Waals surface area contributed by atoms with Crippen LogP contribution in [0.4, 0.5) is 4.39 Å². The SMILES string of the molecule is Cn1cc(-c2ccc3[nH]nc(-c4nc5c(-c6ccccc6F)ccnc5[nH]4)c3c2)cn1. The Hall–Kier alpha value is -4.33. The number of nitrogens with one attached hydrogen (secondary N) is 2. The van der Waals surface area contributed by atoms with E-state index in [2.05, 4.69) is 31.3 Å². The van der Waals surface area contributed by atoms with Crippen molar-refractivity contribution >= 4 is 22.1 Å². The van der Waals surface area contributed by atoms with Crippen LogP contribution in [0.2, 0.25) is 0 Å². The van der Waals surface area contributed by atoms with Crippen molar-refractivity contribution in [2.45, 2.75) is 0 Å². The number of aromatic nitrogens is 7. The summed E-state index contributed by atoms with van der Waals surface area (Å²) in [7, 11) is 1.89. The summed E-state index contributed by atoms with van der Waals surface area (Å²) in [5.41, 5.74) is 5.97. The smallest absolute Gasteiger partial charge is 0.160 e. The van der Waals surface area contributed by atoms with E-state index in [1.807, 2.05) is 31.6 Å². The Kier molecular flexibility index (Phi) is 3.73. The predicted octanol–water partition coefficient (Wildman–Crippen LogP) is 4.71. The Morgan fingerprint density at radius 2 is 1.90 bits per heavy atom. The molecule has 2 aromatic carbocycles. The van der Waals surface area contributed by atoms with Crippen LogP contribution >= 0.6 is 0 Å². The highest BCUT2D eigenvalue weighted by Gasteiger charge is 2.17. The number of aryl methyl sites for hydroxylation is 1. The van der Waals surface area contributed by atoms with Crippen molar-refractivity contribution in [3.8, 4) is 33.8 Å². The van der Waals surface area contributed by atoms with Crippen LogP contribution in [0.25, 0.3) is 55.8 Å². The lowest BCUT2D eigenvalue weighted by molar-refractivity contribution is 0.631. The Labute approximate surface area is 175 Å². The standard InChI is InChI=1S/C23H16FN7/c1-31-12-14(11-26-31)13-6-7-19-17(10-13)21(30-29-19)23-27-20-16(8-9-25-22(20)28-23)15-4-2-3-5-18(15)24/h2-12H,1H3,(H,29,30)(H,25,27,28). The third-order valence-corrected chi connectivity index (χ3v) is 5.37. The van der Waals surface area contributed by atoms with E-state index in [1.165, 1.54) is 6.07 Å². The number of rotatable bonds is 3. The quantitative estimate of drug-likeness (QED) is 0.443. The first-order valence-electron chi connectivity index (χ1n) is 9.74. The number of benzene rings is 2. The molecular formula is C23H16FN7. The number of H-pyrrole nitrogens is 2. The zero-order valence-electron chi connectivity index (χ0n) is 16.5. The summed E-state index contributed by atoms with van der Waals surface area (Å²) in [5, 5.41) is 12.7. The van der Waals surface area contributed by atoms with Gasteiger partial charge in [0.05, 0.1) is 11.7 Å². The molecule has 7 nitrogen and oxygen atoms in total. The number of aromatic amines is 2. The fourth-order valence-corrected chi connectivity index (χ4v) is 3.86. The van der Waals surface area contributed by atoms with Gasteiger partial charge in [0.1, 0.15) is 17.0 Å². The van der Waals surface area contributed by atoms with Crippen LogP contribution in [0.1, 0.15) is 0 Å². The third-order valence-electron chi connectivity index (χ3n) is 5.37. The number of pyridine rings is 1. The third kappa shape index (κ3) is 2.80. The molecule has 0 aliphatic carbocycles. The summed E-state index contributed by atoms with van der Waals surface area (Å²) in [5.74, 6) is 0.270. The largest absolute Gasteiger partial charge is 0.321 e. The van der Waals surface area contributed by atoms with Gasteiger partial charge in [0, 0.05) is 41.5 Å². The normalized spacial score (nSPS) is 11.5. The van der Waals surface area contributed by atoms with Gasteiger partial charge < -0.3 is 4.98 Å². The van der Waals surface area contributed by atoms with Gasteiger partial charge in [-0.1, -0.05) is 24.3 Å². The van der Waals surface area contributed by atoms with Crippen LogP contribution < -0.4 is 0 Å². The average Bonchev–Trinajstić information content (AvgIpc) is 3.50. The highest BCUT2D eigenvalue weighted by atomic mass is 19.1. The second kappa shape index (κ2) is 6.60. The maximum absolute atomic E-state index is 14.4. The molecule has 4 heterocycles. The fourth-order valence-electron chi connectivity index (χ4n) is 3.86. The topological polar surface area (TPSA) is 88.1 Å². The van der Waals surface area contributed by atoms with Crippen molar-refractivity contribution in [3.63, 3.8) is 0 Å². The summed E-state index contributed by atoms with van der Waals surface area (Å²) in [6, 6.07) is 14.5. The summed E-state index contributed by atoms with van der Waals surface area (Å²) in [4.78, 5) is 12.4. The Balaban J connectivity index is 1.52. The summed E-state index contributed by atoms with van der Waals surface area (Å²) < 4.78 is 16.2. The predicted molar refractivity (Wildman–Crippen MR) is 117 cm³/mol. The van der Waals surface area contributed by atoms with Crippen molar-refractivity contribution in [3.05, 3.63) is 72.9 Å². The summed E-state index contributed by atoms with van der Waals surface area (Å²) in [6.07, 6.45) is 5.44. The van der Waals surface area contributed by atoms with Gasteiger partial charge in [-0.2, -0.15) is 10.2 Å². The van der Waals surface area contributed by atoms with Gasteiger partial charge in [-0.15, -0.1) is 0 Å². The average molecular weight is 409 g/mol. The molecule has 0 saturated heterocycles. The zero-order chi connectivity index (χ0) is 20.9. The first-order valence-corrected chi connectivity index (χ1v) is 9.74. The van der Waals surface area contributed by atoms with E-state index in [4.69, 9.17) is 4.98 Å². The molecule has 0 bridgehead atoms. The van der Waals surface area contributed by atoms with E-state index in [0.717, 1.165) is 22.0 Å². The molecule has 31 heavy (non-hydrogen) atoms. The minimum atomic E-state index is -0.300. The Morgan fingerprint density at radius 3 is 2.74 bits per heavy atom. The monoisotopic (exact) mass is 409 g/mol. The van der Waals surface area contributed by atoms with E-state index in [1.54, 1.807) is 35.1 Å². The lowest BCUT2D eigenvalue weighted by Crippen LogP contribution is -1.87. The fraction of sp³-hybridized carbons (Fsp3) is 0.0435. The van der Waals surface area contributed by atoms with Crippen LogP contribution in [-0.4, -0.2) is 34.9 Å². The van der Waals surface area contributed by atoms with Crippen molar-refractivity contribution in [1.82, 2.24) is 34.9 Å². The molecule has 0 amide bonds. The molecule has 0 atom stereocenters. The van der Waals surface area contributed by atoms with Crippen molar-refractivity contribution < 1.29 is 4.39 Å². The number of halogens is 1. The van der Waals surface area contributed by atoms with E-state index >= 15 is 0 Å². The molecule has 0 aliphatic rings. The number of nitrogens with zero attached hydrogens (tertiary/aromatic N) is 5. The lowest BCUT2D eigenvalue weighted by atomic mass is 10.1. The van der Waals surface area contributed by atoms with E-state index in [0.29, 0.717) is 33.8 Å². The molecule has 150 valence electrons. The van der Waals surface area contributed by atoms with Crippen molar-refractivity contribution in [2.24, 2.45) is 7.05 Å². The molecule has 0 unspecified atom stereocenters. The molecular weight excluding hydrogens is 393 g/mol. The number of imidazole rings is 1. The van der Waals surface area contributed by atoms with Crippen LogP contribution in [-0.2, 0) is 7.05 Å². The lowest BCUT2D eigenvalue weighted by Gasteiger charge is -2.03. The maximum Gasteiger partial charge on any atom is 0.160 e. The molecule has 6 aromatic rings. The van der Waals surface area contributed by atoms with E-state index in [-0.39, 0.29) is 5.82 Å². The van der Waals surface area contributed by atoms with Gasteiger partial charge in [-0.05, 0) is 29.8 Å². The molecule has 0 aliphatic heterocycles. The molecule has 6 rings (SSSR count). The number of hydrogen-bond donors (Lipinski definition) is 2. The Morgan fingerprint density at radius 1 is 1.00 bits per heavy atom. The molecule has 8 heteroatoms. The molecule has 0 fully saturated rings. The highest BCUT2D eigenvalue weighted by molar-refractivity contribution is 5.97. The molecule has 0 saturated carbocycles. The van der Waals surface area contributed by atoms with Crippen molar-refractivity contribution in [2.75, 3.05) is 0 Å². The van der Waals surface area contributed by atoms with Crippen LogP contribution in [0.15, 0.2) is 67.1 Å². The van der Waals surface area contributed by atoms with Gasteiger partial charge in [0.25, 0.3) is 0 Å². The molecule has 0 radical (unpaired) electrons. The number of fused-ring (bicyclic) bond motifs is 2. The van der Waals surface area contributed by atoms with Crippen molar-refractivity contribution in [1.29, 1.82) is 0 Å². The van der Waals surface area contributed by atoms with Crippen LogP contribution in [0.5, 0.6) is 0 Å². The van der Waals surface area contributed by atoms with E-state index in [9.17, 15) is 4.39 Å². The van der Waals surface area contributed by atoms with Gasteiger partial charge in [-0.25, -0.2) is 14.4 Å². The Bertz CT molecular complexity index is 1570. The summed E-state index contributed by atoms with van der Waals surface area (Å²) >= 11 is 0. The minimum Gasteiger partial charge on any atom is -0.321 e. The van der Waals surface area contributed by atoms with Gasteiger partial charge >= 0.3 is 0 Å². The van der Waals surface area contributed by atoms with Crippen LogP contribution in [0, 0.1) is 5.82 Å². The molecule has 4 aromatic heterocycles. The van der Waals surface area contributed by atoms with Gasteiger partial charge in [-0.3, -0.25) is 9.78 Å². The highest BCUT2D eigenvalue weighted by Crippen LogP contribution is 2.33. The van der Waals surface area contributed by atoms with Crippen LogP contribution in [0.3, 0.4) is 0 Å². The maximum atomic E-state index is 14.4. The minimum absolute atomic E-state index is 0.300. The summed E-state index contributed by atoms with van der Waals surface area (Å²) in [6.45, 7) is 0. The van der Waals surface area contributed by atoms with Gasteiger partial charge in [0.2, 0.25) is 0 Å². The zero-order valence-corrected chi connectivity index (χ0v) is 16.5. The molecule has 2 N–H and O–H groups in total. The number of hydrogen-bond acceptors (Lipinski definition) is 4. The first-order chi connectivity index (χ1) is 15.2. The first kappa shape index (κ1) is 17.5. The van der Waals surface area contributed by atoms with Gasteiger partial charge in [0.15, 0.2) is 11.5 Å².